The first-order valence-corrected chi connectivity index (χ1v) is 14.0. The Bertz CT molecular complexity index is 2000. The number of nitrogens with two attached hydrogens (primary N) is 1. The minimum Gasteiger partial charge on any atom is -0.351 e. The molecule has 3 aromatic carbocycles. The van der Waals surface area contributed by atoms with E-state index >= 15 is 0 Å². The first kappa shape index (κ1) is 27.4. The summed E-state index contributed by atoms with van der Waals surface area (Å²) in [5.74, 6) is -0.363. The molecular weight excluding hydrogens is 561 g/mol. The van der Waals surface area contributed by atoms with Gasteiger partial charge in [0.2, 0.25) is 0 Å². The van der Waals surface area contributed by atoms with Crippen molar-refractivity contribution in [1.82, 2.24) is 14.9 Å². The van der Waals surface area contributed by atoms with E-state index in [9.17, 15) is 22.8 Å². The zero-order valence-corrected chi connectivity index (χ0v) is 22.8. The molecule has 210 valence electrons. The third-order valence-corrected chi connectivity index (χ3v) is 7.71. The van der Waals surface area contributed by atoms with E-state index in [4.69, 9.17) is 5.73 Å². The number of rotatable bonds is 6. The Hall–Kier alpha value is -4.80. The SMILES string of the molecule is NCCNC(=O)c1ccc(-c2ccc(-n3c(=O)ccc4cnc5ccc(-c6ccsc6)cc5c43)cc2C(F)(F)F)cc1. The van der Waals surface area contributed by atoms with Crippen LogP contribution in [-0.4, -0.2) is 28.5 Å². The van der Waals surface area contributed by atoms with Crippen LogP contribution in [0.15, 0.2) is 101 Å². The van der Waals surface area contributed by atoms with E-state index in [0.717, 1.165) is 17.2 Å². The fourth-order valence-corrected chi connectivity index (χ4v) is 5.69. The maximum Gasteiger partial charge on any atom is 0.417 e. The van der Waals surface area contributed by atoms with Gasteiger partial charge in [-0.2, -0.15) is 24.5 Å². The van der Waals surface area contributed by atoms with Crippen molar-refractivity contribution >= 4 is 39.0 Å². The van der Waals surface area contributed by atoms with E-state index in [1.54, 1.807) is 23.6 Å². The molecule has 0 atom stereocenters. The summed E-state index contributed by atoms with van der Waals surface area (Å²) in [5.41, 5.74) is 7.63. The maximum atomic E-state index is 14.5. The Morgan fingerprint density at radius 1 is 0.929 bits per heavy atom. The fourth-order valence-electron chi connectivity index (χ4n) is 5.02. The first-order chi connectivity index (χ1) is 20.2. The smallest absolute Gasteiger partial charge is 0.351 e. The van der Waals surface area contributed by atoms with Crippen LogP contribution in [0.25, 0.3) is 49.7 Å². The zero-order chi connectivity index (χ0) is 29.4. The molecule has 10 heteroatoms. The summed E-state index contributed by atoms with van der Waals surface area (Å²) in [5, 5.41) is 7.86. The number of aromatic nitrogens is 2. The number of thiophene rings is 1. The Morgan fingerprint density at radius 3 is 2.43 bits per heavy atom. The van der Waals surface area contributed by atoms with Crippen molar-refractivity contribution in [3.8, 4) is 27.9 Å². The van der Waals surface area contributed by atoms with Gasteiger partial charge in [0.15, 0.2) is 0 Å². The molecule has 3 aromatic heterocycles. The van der Waals surface area contributed by atoms with Crippen LogP contribution in [0.4, 0.5) is 13.2 Å². The van der Waals surface area contributed by atoms with Crippen LogP contribution in [0.2, 0.25) is 0 Å². The molecule has 0 aliphatic heterocycles. The van der Waals surface area contributed by atoms with Crippen LogP contribution in [0.3, 0.4) is 0 Å². The summed E-state index contributed by atoms with van der Waals surface area (Å²) < 4.78 is 44.8. The van der Waals surface area contributed by atoms with E-state index in [1.165, 1.54) is 47.0 Å². The largest absolute Gasteiger partial charge is 0.417 e. The number of hydrogen-bond acceptors (Lipinski definition) is 5. The van der Waals surface area contributed by atoms with Gasteiger partial charge in [0.05, 0.1) is 16.6 Å². The number of hydrogen-bond donors (Lipinski definition) is 2. The fraction of sp³-hybridized carbons (Fsp3) is 0.0938. The monoisotopic (exact) mass is 584 g/mol. The van der Waals surface area contributed by atoms with Gasteiger partial charge in [0, 0.05) is 47.4 Å². The van der Waals surface area contributed by atoms with Crippen LogP contribution in [0.5, 0.6) is 0 Å². The minimum absolute atomic E-state index is 0.0697. The molecule has 0 radical (unpaired) electrons. The Labute approximate surface area is 241 Å². The molecule has 0 aliphatic carbocycles. The lowest BCUT2D eigenvalue weighted by Gasteiger charge is -2.18. The van der Waals surface area contributed by atoms with Crippen LogP contribution in [0.1, 0.15) is 15.9 Å². The lowest BCUT2D eigenvalue weighted by molar-refractivity contribution is -0.137. The van der Waals surface area contributed by atoms with Crippen LogP contribution < -0.4 is 16.6 Å². The summed E-state index contributed by atoms with van der Waals surface area (Å²) in [6.07, 6.45) is -3.10. The second-order valence-electron chi connectivity index (χ2n) is 9.66. The Morgan fingerprint density at radius 2 is 1.71 bits per heavy atom. The number of carbonyl (C=O) groups excluding carboxylic acids is 1. The standard InChI is InChI=1S/C32H23F3N4O2S/c33-32(34,35)27-16-24(7-8-25(27)19-1-3-20(4-2-19)31(41)37-13-12-36)39-29(40)10-6-22-17-38-28-9-5-21(15-26(28)30(22)39)23-11-14-42-18-23/h1-11,14-18H,12-13,36H2,(H,37,41). The topological polar surface area (TPSA) is 90.0 Å². The van der Waals surface area contributed by atoms with Crippen molar-refractivity contribution < 1.29 is 18.0 Å². The predicted molar refractivity (Wildman–Crippen MR) is 160 cm³/mol. The highest BCUT2D eigenvalue weighted by Gasteiger charge is 2.34. The van der Waals surface area contributed by atoms with E-state index in [0.29, 0.717) is 27.4 Å². The van der Waals surface area contributed by atoms with Gasteiger partial charge < -0.3 is 11.1 Å². The molecule has 3 heterocycles. The number of halogens is 3. The van der Waals surface area contributed by atoms with Gasteiger partial charge in [-0.25, -0.2) is 0 Å². The lowest BCUT2D eigenvalue weighted by Crippen LogP contribution is -2.28. The predicted octanol–water partition coefficient (Wildman–Crippen LogP) is 6.64. The molecule has 0 bridgehead atoms. The zero-order valence-electron chi connectivity index (χ0n) is 22.0. The average Bonchev–Trinajstić information content (AvgIpc) is 3.54. The number of fused-ring (bicyclic) bond motifs is 3. The van der Waals surface area contributed by atoms with Gasteiger partial charge in [-0.15, -0.1) is 0 Å². The Balaban J connectivity index is 1.52. The van der Waals surface area contributed by atoms with Crippen molar-refractivity contribution in [3.63, 3.8) is 0 Å². The van der Waals surface area contributed by atoms with Gasteiger partial charge in [0.1, 0.15) is 0 Å². The minimum atomic E-state index is -4.72. The number of pyridine rings is 2. The molecule has 42 heavy (non-hydrogen) atoms. The van der Waals surface area contributed by atoms with Gasteiger partial charge in [-0.05, 0) is 81.5 Å². The summed E-state index contributed by atoms with van der Waals surface area (Å²) in [6.45, 7) is 0.557. The summed E-state index contributed by atoms with van der Waals surface area (Å²) >= 11 is 1.55. The highest BCUT2D eigenvalue weighted by molar-refractivity contribution is 7.08. The highest BCUT2D eigenvalue weighted by atomic mass is 32.1. The van der Waals surface area contributed by atoms with Gasteiger partial charge >= 0.3 is 6.18 Å². The second kappa shape index (κ2) is 10.9. The first-order valence-electron chi connectivity index (χ1n) is 13.0. The van der Waals surface area contributed by atoms with E-state index in [2.05, 4.69) is 10.3 Å². The van der Waals surface area contributed by atoms with Crippen LogP contribution in [0, 0.1) is 0 Å². The van der Waals surface area contributed by atoms with Crippen molar-refractivity contribution in [2.24, 2.45) is 5.73 Å². The summed E-state index contributed by atoms with van der Waals surface area (Å²) in [7, 11) is 0. The highest BCUT2D eigenvalue weighted by Crippen LogP contribution is 2.39. The molecule has 1 amide bonds. The quantitative estimate of drug-likeness (QED) is 0.215. The molecule has 6 nitrogen and oxygen atoms in total. The lowest BCUT2D eigenvalue weighted by atomic mass is 9.97. The van der Waals surface area contributed by atoms with E-state index in [1.807, 2.05) is 35.0 Å². The number of benzene rings is 3. The van der Waals surface area contributed by atoms with E-state index in [-0.39, 0.29) is 35.8 Å². The summed E-state index contributed by atoms with van der Waals surface area (Å²) in [4.78, 5) is 30.0. The second-order valence-corrected chi connectivity index (χ2v) is 10.4. The van der Waals surface area contributed by atoms with Crippen molar-refractivity contribution in [1.29, 1.82) is 0 Å². The van der Waals surface area contributed by atoms with Gasteiger partial charge in [-0.1, -0.05) is 24.3 Å². The van der Waals surface area contributed by atoms with Gasteiger partial charge in [-0.3, -0.25) is 19.1 Å². The molecule has 6 aromatic rings. The molecule has 0 spiro atoms. The number of alkyl halides is 3. The Kier molecular flexibility index (Phi) is 7.09. The van der Waals surface area contributed by atoms with E-state index < -0.39 is 17.3 Å². The summed E-state index contributed by atoms with van der Waals surface area (Å²) in [6, 6.07) is 20.3. The number of amides is 1. The third-order valence-electron chi connectivity index (χ3n) is 7.03. The number of nitrogens with zero attached hydrogens (tertiary/aromatic N) is 2. The molecule has 0 saturated heterocycles. The number of nitrogens with one attached hydrogen (secondary N) is 1. The van der Waals surface area contributed by atoms with Gasteiger partial charge in [0.25, 0.3) is 11.5 Å². The molecule has 0 saturated carbocycles. The third kappa shape index (κ3) is 5.06. The van der Waals surface area contributed by atoms with Crippen molar-refractivity contribution in [2.75, 3.05) is 13.1 Å². The van der Waals surface area contributed by atoms with Crippen molar-refractivity contribution in [3.05, 3.63) is 117 Å². The molecular formula is C32H23F3N4O2S. The van der Waals surface area contributed by atoms with Crippen LogP contribution in [-0.2, 0) is 6.18 Å². The normalized spacial score (nSPS) is 11.7. The average molecular weight is 585 g/mol. The van der Waals surface area contributed by atoms with Crippen LogP contribution >= 0.6 is 11.3 Å². The maximum absolute atomic E-state index is 14.5. The number of carbonyl (C=O) groups is 1. The molecule has 0 aliphatic rings. The molecule has 0 unspecified atom stereocenters. The molecule has 6 rings (SSSR count). The van der Waals surface area contributed by atoms with Crippen molar-refractivity contribution in [2.45, 2.75) is 6.18 Å². The molecule has 0 fully saturated rings. The molecule has 3 N–H and O–H groups in total.